The van der Waals surface area contributed by atoms with Crippen molar-refractivity contribution in [3.8, 4) is 5.75 Å². The molecule has 0 fully saturated rings. The molecule has 1 aliphatic heterocycles. The lowest BCUT2D eigenvalue weighted by Gasteiger charge is -2.07. The van der Waals surface area contributed by atoms with Gasteiger partial charge in [0.25, 0.3) is 0 Å². The second-order valence-electron chi connectivity index (χ2n) is 4.68. The number of nitrogens with one attached hydrogen (secondary N) is 1. The third-order valence-corrected chi connectivity index (χ3v) is 3.16. The van der Waals surface area contributed by atoms with Gasteiger partial charge in [-0.25, -0.2) is 0 Å². The molecular weight excluding hydrogens is 242 g/mol. The van der Waals surface area contributed by atoms with Crippen molar-refractivity contribution < 1.29 is 14.2 Å². The predicted octanol–water partition coefficient (Wildman–Crippen LogP) is 1.76. The van der Waals surface area contributed by atoms with E-state index in [4.69, 9.17) is 14.2 Å². The Bertz CT molecular complexity index is 382. The number of hydrogen-bond acceptors (Lipinski definition) is 4. The Morgan fingerprint density at radius 2 is 2.21 bits per heavy atom. The first kappa shape index (κ1) is 14.3. The Morgan fingerprint density at radius 1 is 1.26 bits per heavy atom. The van der Waals surface area contributed by atoms with Gasteiger partial charge in [-0.05, 0) is 30.2 Å². The van der Waals surface area contributed by atoms with Crippen molar-refractivity contribution in [2.45, 2.75) is 19.4 Å². The molecule has 106 valence electrons. The maximum Gasteiger partial charge on any atom is 0.122 e. The van der Waals surface area contributed by atoms with Crippen molar-refractivity contribution in [1.82, 2.24) is 5.32 Å². The van der Waals surface area contributed by atoms with Crippen LogP contribution in [-0.4, -0.2) is 40.1 Å². The van der Waals surface area contributed by atoms with E-state index in [9.17, 15) is 0 Å². The van der Waals surface area contributed by atoms with E-state index < -0.39 is 0 Å². The fraction of sp³-hybridized carbons (Fsp3) is 0.600. The number of benzene rings is 1. The zero-order valence-electron chi connectivity index (χ0n) is 11.6. The minimum absolute atomic E-state index is 0.671. The summed E-state index contributed by atoms with van der Waals surface area (Å²) in [6, 6.07) is 6.45. The molecule has 4 nitrogen and oxygen atoms in total. The van der Waals surface area contributed by atoms with Gasteiger partial charge in [0.1, 0.15) is 5.75 Å². The summed E-state index contributed by atoms with van der Waals surface area (Å²) in [5.41, 5.74) is 2.66. The molecule has 0 spiro atoms. The molecule has 0 saturated heterocycles. The first-order chi connectivity index (χ1) is 9.40. The van der Waals surface area contributed by atoms with E-state index in [0.717, 1.165) is 44.9 Å². The van der Waals surface area contributed by atoms with Crippen LogP contribution in [0.25, 0.3) is 0 Å². The van der Waals surface area contributed by atoms with E-state index in [-0.39, 0.29) is 0 Å². The summed E-state index contributed by atoms with van der Waals surface area (Å²) in [6.07, 6.45) is 2.06. The van der Waals surface area contributed by atoms with Crippen LogP contribution in [0.3, 0.4) is 0 Å². The van der Waals surface area contributed by atoms with Crippen molar-refractivity contribution in [2.75, 3.05) is 40.1 Å². The molecule has 19 heavy (non-hydrogen) atoms. The molecule has 1 N–H and O–H groups in total. The molecule has 2 rings (SSSR count). The highest BCUT2D eigenvalue weighted by atomic mass is 16.5. The van der Waals surface area contributed by atoms with Crippen LogP contribution in [0.15, 0.2) is 18.2 Å². The van der Waals surface area contributed by atoms with Crippen molar-refractivity contribution in [3.63, 3.8) is 0 Å². The van der Waals surface area contributed by atoms with Crippen molar-refractivity contribution >= 4 is 0 Å². The van der Waals surface area contributed by atoms with Gasteiger partial charge >= 0.3 is 0 Å². The van der Waals surface area contributed by atoms with Crippen LogP contribution in [0.4, 0.5) is 0 Å². The fourth-order valence-electron chi connectivity index (χ4n) is 2.13. The molecule has 0 bridgehead atoms. The molecule has 0 unspecified atom stereocenters. The molecule has 0 saturated carbocycles. The molecule has 0 atom stereocenters. The Labute approximate surface area is 115 Å². The third-order valence-electron chi connectivity index (χ3n) is 3.16. The van der Waals surface area contributed by atoms with Gasteiger partial charge in [-0.1, -0.05) is 12.1 Å². The molecule has 1 aromatic rings. The summed E-state index contributed by atoms with van der Waals surface area (Å²) in [5, 5.41) is 3.43. The van der Waals surface area contributed by atoms with Gasteiger partial charge in [0.05, 0.1) is 19.8 Å². The van der Waals surface area contributed by atoms with Crippen LogP contribution in [0, 0.1) is 0 Å². The molecule has 4 heteroatoms. The first-order valence-corrected chi connectivity index (χ1v) is 6.92. The monoisotopic (exact) mass is 265 g/mol. The van der Waals surface area contributed by atoms with Crippen LogP contribution in [0.5, 0.6) is 5.75 Å². The first-order valence-electron chi connectivity index (χ1n) is 6.92. The van der Waals surface area contributed by atoms with Crippen LogP contribution in [-0.2, 0) is 22.4 Å². The highest BCUT2D eigenvalue weighted by Crippen LogP contribution is 2.25. The van der Waals surface area contributed by atoms with E-state index >= 15 is 0 Å². The summed E-state index contributed by atoms with van der Waals surface area (Å²) >= 11 is 0. The lowest BCUT2D eigenvalue weighted by atomic mass is 10.1. The summed E-state index contributed by atoms with van der Waals surface area (Å²) < 4.78 is 15.8. The van der Waals surface area contributed by atoms with Gasteiger partial charge < -0.3 is 19.5 Å². The number of hydrogen-bond donors (Lipinski definition) is 1. The van der Waals surface area contributed by atoms with Crippen LogP contribution >= 0.6 is 0 Å². The molecule has 0 aliphatic carbocycles. The second kappa shape index (κ2) is 8.15. The summed E-state index contributed by atoms with van der Waals surface area (Å²) in [4.78, 5) is 0. The zero-order valence-corrected chi connectivity index (χ0v) is 11.6. The second-order valence-corrected chi connectivity index (χ2v) is 4.68. The Hall–Kier alpha value is -1.10. The van der Waals surface area contributed by atoms with E-state index in [2.05, 4.69) is 23.5 Å². The van der Waals surface area contributed by atoms with Gasteiger partial charge in [-0.2, -0.15) is 0 Å². The molecule has 0 radical (unpaired) electrons. The number of fused-ring (bicyclic) bond motifs is 1. The lowest BCUT2D eigenvalue weighted by molar-refractivity contribution is 0.0695. The number of rotatable bonds is 9. The Morgan fingerprint density at radius 3 is 3.11 bits per heavy atom. The van der Waals surface area contributed by atoms with Gasteiger partial charge in [-0.3, -0.25) is 0 Å². The number of methoxy groups -OCH3 is 1. The predicted molar refractivity (Wildman–Crippen MR) is 74.7 cm³/mol. The lowest BCUT2D eigenvalue weighted by Crippen LogP contribution is -2.17. The van der Waals surface area contributed by atoms with E-state index in [0.29, 0.717) is 13.2 Å². The van der Waals surface area contributed by atoms with E-state index in [1.54, 1.807) is 7.11 Å². The molecule has 1 heterocycles. The molecule has 0 amide bonds. The highest BCUT2D eigenvalue weighted by molar-refractivity contribution is 5.39. The average molecular weight is 265 g/mol. The third kappa shape index (κ3) is 4.82. The smallest absolute Gasteiger partial charge is 0.122 e. The minimum atomic E-state index is 0.671. The fourth-order valence-corrected chi connectivity index (χ4v) is 2.13. The largest absolute Gasteiger partial charge is 0.493 e. The Balaban J connectivity index is 1.56. The SMILES string of the molecule is COCCOCCCNCc1ccc2c(c1)CCO2. The van der Waals surface area contributed by atoms with Crippen LogP contribution in [0.2, 0.25) is 0 Å². The summed E-state index contributed by atoms with van der Waals surface area (Å²) in [5.74, 6) is 1.05. The molecular formula is C15H23NO3. The van der Waals surface area contributed by atoms with Gasteiger partial charge in [-0.15, -0.1) is 0 Å². The highest BCUT2D eigenvalue weighted by Gasteiger charge is 2.11. The quantitative estimate of drug-likeness (QED) is 0.691. The van der Waals surface area contributed by atoms with Crippen molar-refractivity contribution in [2.24, 2.45) is 0 Å². The van der Waals surface area contributed by atoms with Gasteiger partial charge in [0.15, 0.2) is 0 Å². The standard InChI is InChI=1S/C15H23NO3/c1-17-9-10-18-7-2-6-16-12-13-3-4-15-14(11-13)5-8-19-15/h3-4,11,16H,2,5-10,12H2,1H3. The van der Waals surface area contributed by atoms with E-state index in [1.807, 2.05) is 0 Å². The molecule has 1 aromatic carbocycles. The summed E-state index contributed by atoms with van der Waals surface area (Å²) in [6.45, 7) is 4.84. The van der Waals surface area contributed by atoms with Crippen molar-refractivity contribution in [3.05, 3.63) is 29.3 Å². The van der Waals surface area contributed by atoms with E-state index in [1.165, 1.54) is 11.1 Å². The molecule has 0 aromatic heterocycles. The maximum absolute atomic E-state index is 5.50. The minimum Gasteiger partial charge on any atom is -0.493 e. The number of ether oxygens (including phenoxy) is 3. The van der Waals surface area contributed by atoms with Crippen LogP contribution in [0.1, 0.15) is 17.5 Å². The normalized spacial score (nSPS) is 13.3. The van der Waals surface area contributed by atoms with Crippen molar-refractivity contribution in [1.29, 1.82) is 0 Å². The van der Waals surface area contributed by atoms with Crippen LogP contribution < -0.4 is 10.1 Å². The topological polar surface area (TPSA) is 39.7 Å². The average Bonchev–Trinajstić information content (AvgIpc) is 2.89. The maximum atomic E-state index is 5.50. The van der Waals surface area contributed by atoms with Gasteiger partial charge in [0.2, 0.25) is 0 Å². The molecule has 1 aliphatic rings. The summed E-state index contributed by atoms with van der Waals surface area (Å²) in [7, 11) is 1.69. The zero-order chi connectivity index (χ0) is 13.3. The van der Waals surface area contributed by atoms with Gasteiger partial charge in [0, 0.05) is 26.7 Å². The Kier molecular flexibility index (Phi) is 6.14.